The van der Waals surface area contributed by atoms with E-state index in [9.17, 15) is 14.7 Å². The molecular formula is C22H15I2N3O3. The number of aromatic hydroxyl groups is 1. The van der Waals surface area contributed by atoms with Crippen molar-refractivity contribution in [3.8, 4) is 5.75 Å². The lowest BCUT2D eigenvalue weighted by molar-refractivity contribution is -0.121. The minimum atomic E-state index is -0.343. The first-order valence-electron chi connectivity index (χ1n) is 8.96. The van der Waals surface area contributed by atoms with Crippen molar-refractivity contribution in [2.75, 3.05) is 0 Å². The minimum absolute atomic E-state index is 0.00547. The van der Waals surface area contributed by atoms with Crippen molar-refractivity contribution in [3.63, 3.8) is 0 Å². The number of rotatable bonds is 4. The molecule has 0 fully saturated rings. The molecule has 1 aromatic heterocycles. The van der Waals surface area contributed by atoms with Crippen LogP contribution in [0.15, 0.2) is 70.6 Å². The van der Waals surface area contributed by atoms with Gasteiger partial charge in [-0.2, -0.15) is 5.10 Å². The van der Waals surface area contributed by atoms with E-state index in [4.69, 9.17) is 0 Å². The van der Waals surface area contributed by atoms with Gasteiger partial charge in [-0.05, 0) is 81.6 Å². The third-order valence-electron chi connectivity index (χ3n) is 4.63. The molecule has 4 rings (SSSR count). The number of hydrazone groups is 1. The van der Waals surface area contributed by atoms with E-state index >= 15 is 0 Å². The highest BCUT2D eigenvalue weighted by molar-refractivity contribution is 14.1. The standard InChI is InChI=1S/C22H15I2N3O3/c23-14-9-13(21(29)17(24)10-14)11-25-26-20(28)12-27-18-7-3-1-5-15(18)22(30)16-6-2-4-8-19(16)27/h1-11,29H,12H2,(H,26,28)/b25-11-. The molecule has 150 valence electrons. The average Bonchev–Trinajstić information content (AvgIpc) is 2.74. The number of benzene rings is 3. The Morgan fingerprint density at radius 1 is 1.03 bits per heavy atom. The summed E-state index contributed by atoms with van der Waals surface area (Å²) in [4.78, 5) is 25.4. The molecule has 0 saturated carbocycles. The predicted octanol–water partition coefficient (Wildman–Crippen LogP) is 4.22. The van der Waals surface area contributed by atoms with Crippen LogP contribution < -0.4 is 10.9 Å². The monoisotopic (exact) mass is 623 g/mol. The van der Waals surface area contributed by atoms with Crippen molar-refractivity contribution in [1.82, 2.24) is 9.99 Å². The van der Waals surface area contributed by atoms with E-state index < -0.39 is 0 Å². The van der Waals surface area contributed by atoms with Gasteiger partial charge in [0, 0.05) is 19.9 Å². The molecule has 8 heteroatoms. The zero-order valence-electron chi connectivity index (χ0n) is 15.5. The lowest BCUT2D eigenvalue weighted by Crippen LogP contribution is -2.25. The van der Waals surface area contributed by atoms with Gasteiger partial charge >= 0.3 is 0 Å². The normalized spacial score (nSPS) is 11.4. The molecule has 1 heterocycles. The lowest BCUT2D eigenvalue weighted by atomic mass is 10.1. The van der Waals surface area contributed by atoms with Gasteiger partial charge in [-0.25, -0.2) is 5.43 Å². The molecule has 6 nitrogen and oxygen atoms in total. The Labute approximate surface area is 198 Å². The van der Waals surface area contributed by atoms with Gasteiger partial charge in [-0.3, -0.25) is 9.59 Å². The molecule has 0 unspecified atom stereocenters. The number of carbonyl (C=O) groups excluding carboxylic acids is 1. The number of hydrogen-bond donors (Lipinski definition) is 2. The first-order valence-corrected chi connectivity index (χ1v) is 11.1. The fourth-order valence-electron chi connectivity index (χ4n) is 3.28. The number of aromatic nitrogens is 1. The minimum Gasteiger partial charge on any atom is -0.506 e. The molecule has 0 aliphatic heterocycles. The highest BCUT2D eigenvalue weighted by Crippen LogP contribution is 2.25. The highest BCUT2D eigenvalue weighted by atomic mass is 127. The van der Waals surface area contributed by atoms with Gasteiger partial charge in [-0.1, -0.05) is 24.3 Å². The van der Waals surface area contributed by atoms with Crippen molar-refractivity contribution < 1.29 is 9.90 Å². The number of halogens is 2. The van der Waals surface area contributed by atoms with Gasteiger partial charge in [0.15, 0.2) is 5.43 Å². The summed E-state index contributed by atoms with van der Waals surface area (Å²) in [5.74, 6) is -0.226. The summed E-state index contributed by atoms with van der Waals surface area (Å²) in [6.45, 7) is -0.00547. The number of amides is 1. The van der Waals surface area contributed by atoms with Crippen LogP contribution in [-0.2, 0) is 11.3 Å². The number of nitrogens with one attached hydrogen (secondary N) is 1. The van der Waals surface area contributed by atoms with Crippen LogP contribution in [0.1, 0.15) is 5.56 Å². The van der Waals surface area contributed by atoms with Crippen LogP contribution in [0.5, 0.6) is 5.75 Å². The van der Waals surface area contributed by atoms with Crippen molar-refractivity contribution in [2.45, 2.75) is 6.54 Å². The van der Waals surface area contributed by atoms with Gasteiger partial charge in [-0.15, -0.1) is 0 Å². The quantitative estimate of drug-likeness (QED) is 0.155. The van der Waals surface area contributed by atoms with E-state index in [1.165, 1.54) is 6.21 Å². The number of fused-ring (bicyclic) bond motifs is 2. The summed E-state index contributed by atoms with van der Waals surface area (Å²) >= 11 is 4.19. The maximum Gasteiger partial charge on any atom is 0.260 e. The smallest absolute Gasteiger partial charge is 0.260 e. The second-order valence-electron chi connectivity index (χ2n) is 6.57. The first-order chi connectivity index (χ1) is 14.5. The van der Waals surface area contributed by atoms with Crippen LogP contribution >= 0.6 is 45.2 Å². The van der Waals surface area contributed by atoms with Gasteiger partial charge in [0.25, 0.3) is 5.91 Å². The van der Waals surface area contributed by atoms with E-state index in [0.29, 0.717) is 30.9 Å². The molecule has 2 N–H and O–H groups in total. The van der Waals surface area contributed by atoms with Crippen LogP contribution in [0.4, 0.5) is 0 Å². The van der Waals surface area contributed by atoms with Crippen LogP contribution in [0.3, 0.4) is 0 Å². The fraction of sp³-hybridized carbons (Fsp3) is 0.0455. The summed E-state index contributed by atoms with van der Waals surface area (Å²) in [6, 6.07) is 18.1. The van der Waals surface area contributed by atoms with Crippen LogP contribution in [0.2, 0.25) is 0 Å². The van der Waals surface area contributed by atoms with E-state index in [1.54, 1.807) is 18.2 Å². The van der Waals surface area contributed by atoms with Gasteiger partial charge < -0.3 is 9.67 Å². The van der Waals surface area contributed by atoms with Crippen molar-refractivity contribution >= 4 is 79.1 Å². The van der Waals surface area contributed by atoms with E-state index in [2.05, 4.69) is 33.1 Å². The topological polar surface area (TPSA) is 83.7 Å². The van der Waals surface area contributed by atoms with Crippen LogP contribution in [-0.4, -0.2) is 21.8 Å². The number of para-hydroxylation sites is 2. The zero-order chi connectivity index (χ0) is 21.3. The third-order valence-corrected chi connectivity index (χ3v) is 6.08. The van der Waals surface area contributed by atoms with E-state index in [1.807, 2.05) is 69.6 Å². The molecule has 0 aliphatic carbocycles. The SMILES string of the molecule is O=C(Cn1c2ccccc2c(=O)c2ccccc21)N/N=C\c1cc(I)cc(I)c1O. The van der Waals surface area contributed by atoms with Crippen molar-refractivity contribution in [3.05, 3.63) is 83.6 Å². The number of carbonyl (C=O) groups is 1. The predicted molar refractivity (Wildman–Crippen MR) is 135 cm³/mol. The zero-order valence-corrected chi connectivity index (χ0v) is 19.8. The highest BCUT2D eigenvalue weighted by Gasteiger charge is 2.12. The Morgan fingerprint density at radius 3 is 2.27 bits per heavy atom. The molecule has 0 aliphatic rings. The number of hydrogen-bond acceptors (Lipinski definition) is 4. The molecule has 4 aromatic rings. The summed E-state index contributed by atoms with van der Waals surface area (Å²) < 4.78 is 3.47. The second-order valence-corrected chi connectivity index (χ2v) is 8.98. The molecule has 0 saturated heterocycles. The van der Waals surface area contributed by atoms with Gasteiger partial charge in [0.1, 0.15) is 12.3 Å². The number of nitrogens with zero attached hydrogens (tertiary/aromatic N) is 2. The Morgan fingerprint density at radius 2 is 1.63 bits per heavy atom. The molecule has 30 heavy (non-hydrogen) atoms. The Kier molecular flexibility index (Phi) is 6.04. The Balaban J connectivity index is 1.65. The summed E-state index contributed by atoms with van der Waals surface area (Å²) in [6.07, 6.45) is 1.42. The molecule has 3 aromatic carbocycles. The summed E-state index contributed by atoms with van der Waals surface area (Å²) in [5.41, 5.74) is 4.34. The Hall–Kier alpha value is -2.47. The molecule has 0 spiro atoms. The van der Waals surface area contributed by atoms with Crippen LogP contribution in [0, 0.1) is 7.14 Å². The summed E-state index contributed by atoms with van der Waals surface area (Å²) in [7, 11) is 0. The van der Waals surface area contributed by atoms with Crippen molar-refractivity contribution in [2.24, 2.45) is 5.10 Å². The van der Waals surface area contributed by atoms with E-state index in [0.717, 1.165) is 3.57 Å². The maximum absolute atomic E-state index is 12.8. The lowest BCUT2D eigenvalue weighted by Gasteiger charge is -2.14. The third kappa shape index (κ3) is 4.06. The Bertz CT molecular complexity index is 1320. The maximum atomic E-state index is 12.8. The second kappa shape index (κ2) is 8.72. The largest absolute Gasteiger partial charge is 0.506 e. The molecule has 0 atom stereocenters. The van der Waals surface area contributed by atoms with Gasteiger partial charge in [0.05, 0.1) is 20.8 Å². The number of phenols is 1. The number of phenolic OH excluding ortho intramolecular Hbond substituents is 1. The molecule has 0 radical (unpaired) electrons. The number of pyridine rings is 1. The van der Waals surface area contributed by atoms with Crippen molar-refractivity contribution in [1.29, 1.82) is 0 Å². The average molecular weight is 623 g/mol. The summed E-state index contributed by atoms with van der Waals surface area (Å²) in [5, 5.41) is 15.3. The molecule has 0 bridgehead atoms. The fourth-order valence-corrected chi connectivity index (χ4v) is 5.17. The van der Waals surface area contributed by atoms with E-state index in [-0.39, 0.29) is 23.6 Å². The van der Waals surface area contributed by atoms with Gasteiger partial charge in [0.2, 0.25) is 0 Å². The first kappa shape index (κ1) is 20.8. The molecule has 1 amide bonds. The molecular weight excluding hydrogens is 608 g/mol. The van der Waals surface area contributed by atoms with Crippen LogP contribution in [0.25, 0.3) is 21.8 Å².